The van der Waals surface area contributed by atoms with Crippen molar-refractivity contribution >= 4 is 29.2 Å². The number of carboxylic acid groups (broad SMARTS) is 2. The normalized spacial score (nSPS) is 15.0. The van der Waals surface area contributed by atoms with Crippen LogP contribution in [0.25, 0.3) is 0 Å². The van der Waals surface area contributed by atoms with Crippen LogP contribution in [-0.4, -0.2) is 97.4 Å². The van der Waals surface area contributed by atoms with Gasteiger partial charge in [-0.15, -0.1) is 0 Å². The van der Waals surface area contributed by atoms with Crippen molar-refractivity contribution in [2.75, 3.05) is 58.1 Å². The molecule has 12 nitrogen and oxygen atoms in total. The summed E-state index contributed by atoms with van der Waals surface area (Å²) >= 11 is 0. The zero-order valence-electron chi connectivity index (χ0n) is 36.2. The third kappa shape index (κ3) is 16.4. The molecule has 0 atom stereocenters. The van der Waals surface area contributed by atoms with Crippen LogP contribution in [0.4, 0.5) is 27.6 Å². The molecule has 4 aromatic rings. The summed E-state index contributed by atoms with van der Waals surface area (Å²) in [5.74, 6) is -2.81. The number of nitrogens with two attached hydrogens (primary N) is 1. The predicted molar refractivity (Wildman–Crippen MR) is 237 cm³/mol. The van der Waals surface area contributed by atoms with E-state index in [1.54, 1.807) is 7.11 Å². The fraction of sp³-hybridized carbons (Fsp3) is 0.375. The molecule has 0 unspecified atom stereocenters. The van der Waals surface area contributed by atoms with Crippen LogP contribution in [0.2, 0.25) is 0 Å². The number of unbranched alkanes of at least 4 members (excludes halogenated alkanes) is 1. The number of carbonyl (C=O) groups excluding carboxylic acids is 1. The van der Waals surface area contributed by atoms with Gasteiger partial charge < -0.3 is 40.6 Å². The van der Waals surface area contributed by atoms with Crippen molar-refractivity contribution in [3.63, 3.8) is 0 Å². The number of aliphatic carboxylic acids is 2. The van der Waals surface area contributed by atoms with E-state index in [1.165, 1.54) is 36.4 Å². The summed E-state index contributed by atoms with van der Waals surface area (Å²) in [7, 11) is 1.62. The Hall–Kier alpha value is -6.17. The minimum atomic E-state index is -4.34. The minimum absolute atomic E-state index is 0.0847. The Labute approximate surface area is 375 Å². The van der Waals surface area contributed by atoms with Crippen molar-refractivity contribution in [2.45, 2.75) is 62.6 Å². The first-order chi connectivity index (χ1) is 31.2. The van der Waals surface area contributed by atoms with Crippen LogP contribution in [0, 0.1) is 11.6 Å². The number of anilines is 1. The largest absolute Gasteiger partial charge is 0.478 e. The summed E-state index contributed by atoms with van der Waals surface area (Å²) in [4.78, 5) is 41.7. The number of hydrogen-bond donors (Lipinski definition) is 4. The Morgan fingerprint density at radius 3 is 1.91 bits per heavy atom. The number of halogens is 5. The van der Waals surface area contributed by atoms with Crippen LogP contribution in [0.3, 0.4) is 0 Å². The number of carboxylic acids is 2. The highest BCUT2D eigenvalue weighted by molar-refractivity contribution is 6.00. The van der Waals surface area contributed by atoms with E-state index in [4.69, 9.17) is 25.5 Å². The molecule has 1 spiro atoms. The number of ether oxygens (including phenoxy) is 1. The monoisotopic (exact) mass is 909 g/mol. The standard InChI is InChI=1S/C29H31F2N3O.C15H21F3N2O2.C4H4O4/c30-24-12-8-22(9-13-24)27(23-10-14-25(31)15-11-23)7-4-18-33-19-16-29(17-20-33)28(35)32-21-34(29)26-5-2-1-3-6-26;1-21-10-3-2-4-14(20-22-11-9-19)12-5-7-13(8-6-12)15(16,17)18;5-3(6)1-2-4(7)8/h1-3,5-6,8-15,27H,4,7,16-21H2,(H,32,35);5-8H,2-4,9-11,19H2,1H3;1-2H,(H,5,6)(H,7,8)/b;20-14+;2-1-. The van der Waals surface area contributed by atoms with E-state index in [-0.39, 0.29) is 30.1 Å². The van der Waals surface area contributed by atoms with Gasteiger partial charge in [-0.05, 0) is 117 Å². The van der Waals surface area contributed by atoms with Gasteiger partial charge >= 0.3 is 18.1 Å². The van der Waals surface area contributed by atoms with E-state index in [2.05, 4.69) is 32.4 Å². The number of oxime groups is 1. The van der Waals surface area contributed by atoms with Crippen molar-refractivity contribution < 1.29 is 56.1 Å². The van der Waals surface area contributed by atoms with Crippen molar-refractivity contribution in [3.05, 3.63) is 149 Å². The molecule has 0 radical (unpaired) electrons. The molecule has 0 aromatic heterocycles. The molecule has 4 aromatic carbocycles. The van der Waals surface area contributed by atoms with Gasteiger partial charge in [-0.1, -0.05) is 59.8 Å². The number of piperidine rings is 1. The second-order valence-corrected chi connectivity index (χ2v) is 15.3. The summed E-state index contributed by atoms with van der Waals surface area (Å²) in [5, 5.41) is 22.7. The van der Waals surface area contributed by atoms with E-state index in [1.807, 2.05) is 42.5 Å². The predicted octanol–water partition coefficient (Wildman–Crippen LogP) is 8.22. The lowest BCUT2D eigenvalue weighted by atomic mass is 9.85. The van der Waals surface area contributed by atoms with Gasteiger partial charge in [0.2, 0.25) is 5.91 Å². The van der Waals surface area contributed by atoms with E-state index in [9.17, 15) is 36.3 Å². The van der Waals surface area contributed by atoms with Crippen molar-refractivity contribution in [3.8, 4) is 0 Å². The van der Waals surface area contributed by atoms with Gasteiger partial charge in [0.15, 0.2) is 0 Å². The van der Waals surface area contributed by atoms with E-state index < -0.39 is 29.2 Å². The number of nitrogens with zero attached hydrogens (tertiary/aromatic N) is 3. The van der Waals surface area contributed by atoms with Crippen LogP contribution >= 0.6 is 0 Å². The topological polar surface area (TPSA) is 167 Å². The fourth-order valence-electron chi connectivity index (χ4n) is 7.57. The first kappa shape index (κ1) is 51.5. The summed E-state index contributed by atoms with van der Waals surface area (Å²) < 4.78 is 69.7. The van der Waals surface area contributed by atoms with Gasteiger partial charge in [0.25, 0.3) is 0 Å². The van der Waals surface area contributed by atoms with E-state index in [0.717, 1.165) is 87.1 Å². The molecule has 17 heteroatoms. The highest BCUT2D eigenvalue weighted by atomic mass is 19.4. The van der Waals surface area contributed by atoms with Crippen LogP contribution in [0.5, 0.6) is 0 Å². The third-order valence-corrected chi connectivity index (χ3v) is 10.9. The molecule has 0 saturated carbocycles. The highest BCUT2D eigenvalue weighted by Crippen LogP contribution is 2.37. The Morgan fingerprint density at radius 2 is 1.40 bits per heavy atom. The van der Waals surface area contributed by atoms with Gasteiger partial charge in [-0.3, -0.25) is 4.79 Å². The summed E-state index contributed by atoms with van der Waals surface area (Å²) in [6, 6.07) is 28.3. The summed E-state index contributed by atoms with van der Waals surface area (Å²) in [6.07, 6.45) is 2.46. The summed E-state index contributed by atoms with van der Waals surface area (Å²) in [5.41, 5.74) is 8.56. The molecular formula is C48H56F5N5O7. The first-order valence-electron chi connectivity index (χ1n) is 21.2. The lowest BCUT2D eigenvalue weighted by molar-refractivity contribution is -0.137. The SMILES string of the molecule is COCCCC/C(=N\OCCN)c1ccc(C(F)(F)F)cc1.O=C(O)/C=C\C(=O)O.O=C1NCN(c2ccccc2)C12CCN(CCCC(c1ccc(F)cc1)c1ccc(F)cc1)CC2. The molecule has 2 saturated heterocycles. The average molecular weight is 910 g/mol. The molecule has 6 rings (SSSR count). The minimum Gasteiger partial charge on any atom is -0.478 e. The van der Waals surface area contributed by atoms with E-state index in [0.29, 0.717) is 49.7 Å². The molecular weight excluding hydrogens is 854 g/mol. The molecule has 5 N–H and O–H groups in total. The highest BCUT2D eigenvalue weighted by Gasteiger charge is 2.50. The molecule has 2 aliphatic rings. The number of benzene rings is 4. The second kappa shape index (κ2) is 26.0. The molecule has 2 aliphatic heterocycles. The fourth-order valence-corrected chi connectivity index (χ4v) is 7.57. The number of amides is 1. The smallest absolute Gasteiger partial charge is 0.416 e. The van der Waals surface area contributed by atoms with Crippen molar-refractivity contribution in [1.29, 1.82) is 0 Å². The van der Waals surface area contributed by atoms with E-state index >= 15 is 0 Å². The zero-order valence-corrected chi connectivity index (χ0v) is 36.2. The number of hydrogen-bond acceptors (Lipinski definition) is 9. The lowest BCUT2D eigenvalue weighted by Gasteiger charge is -2.43. The van der Waals surface area contributed by atoms with Crippen LogP contribution < -0.4 is 16.0 Å². The third-order valence-electron chi connectivity index (χ3n) is 10.9. The molecule has 65 heavy (non-hydrogen) atoms. The van der Waals surface area contributed by atoms with Gasteiger partial charge in [-0.25, -0.2) is 18.4 Å². The van der Waals surface area contributed by atoms with Crippen molar-refractivity contribution in [1.82, 2.24) is 10.2 Å². The number of para-hydroxylation sites is 1. The maximum Gasteiger partial charge on any atom is 0.416 e. The molecule has 2 fully saturated rings. The maximum atomic E-state index is 13.5. The lowest BCUT2D eigenvalue weighted by Crippen LogP contribution is -2.56. The second-order valence-electron chi connectivity index (χ2n) is 15.3. The number of methoxy groups -OCH3 is 1. The number of nitrogens with one attached hydrogen (secondary N) is 1. The van der Waals surface area contributed by atoms with Crippen LogP contribution in [0.15, 0.2) is 120 Å². The number of rotatable bonds is 18. The molecule has 350 valence electrons. The zero-order chi connectivity index (χ0) is 47.2. The number of likely N-dealkylation sites (tertiary alicyclic amines) is 1. The Morgan fingerprint density at radius 1 is 0.831 bits per heavy atom. The van der Waals surface area contributed by atoms with Gasteiger partial charge in [-0.2, -0.15) is 13.2 Å². The molecule has 0 aliphatic carbocycles. The summed E-state index contributed by atoms with van der Waals surface area (Å²) in [6.45, 7) is 4.45. The van der Waals surface area contributed by atoms with Crippen LogP contribution in [-0.2, 0) is 30.1 Å². The van der Waals surface area contributed by atoms with Crippen LogP contribution in [0.1, 0.15) is 73.1 Å². The molecule has 0 bridgehead atoms. The Kier molecular flexibility index (Phi) is 20.5. The average Bonchev–Trinajstić information content (AvgIpc) is 3.61. The Bertz CT molecular complexity index is 2070. The van der Waals surface area contributed by atoms with Gasteiger partial charge in [0.1, 0.15) is 23.8 Å². The maximum absolute atomic E-state index is 13.5. The molecule has 2 heterocycles. The Balaban J connectivity index is 0.000000263. The van der Waals surface area contributed by atoms with Gasteiger partial charge in [0.05, 0.1) is 17.9 Å². The first-order valence-corrected chi connectivity index (χ1v) is 21.2. The number of carbonyl (C=O) groups is 3. The quantitative estimate of drug-likeness (QED) is 0.0251. The molecule has 1 amide bonds. The van der Waals surface area contributed by atoms with Gasteiger partial charge in [0, 0.05) is 57.1 Å². The number of alkyl halides is 3. The van der Waals surface area contributed by atoms with Crippen molar-refractivity contribution in [2.24, 2.45) is 10.9 Å².